The monoisotopic (exact) mass is 423 g/mol. The number of halogens is 5. The van der Waals surface area contributed by atoms with Crippen LogP contribution >= 0.6 is 23.2 Å². The second kappa shape index (κ2) is 9.28. The third-order valence-electron chi connectivity index (χ3n) is 4.38. The molecule has 2 rings (SSSR count). The molecule has 0 spiro atoms. The van der Waals surface area contributed by atoms with Crippen molar-refractivity contribution in [2.45, 2.75) is 37.5 Å². The molecule has 150 valence electrons. The lowest BCUT2D eigenvalue weighted by atomic mass is 9.97. The maximum Gasteiger partial charge on any atom is 0.424 e. The first-order chi connectivity index (χ1) is 12.6. The van der Waals surface area contributed by atoms with Crippen LogP contribution in [0.1, 0.15) is 30.7 Å². The third-order valence-corrected chi connectivity index (χ3v) is 5.12. The van der Waals surface area contributed by atoms with Gasteiger partial charge in [0.1, 0.15) is 5.82 Å². The minimum atomic E-state index is -4.80. The van der Waals surface area contributed by atoms with Crippen LogP contribution in [0.5, 0.6) is 0 Å². The molecule has 27 heavy (non-hydrogen) atoms. The summed E-state index contributed by atoms with van der Waals surface area (Å²) in [6.07, 6.45) is -0.250. The summed E-state index contributed by atoms with van der Waals surface area (Å²) in [4.78, 5) is 3.67. The standard InChI is InChI=1S/C18H22Cl2F3N3O/c1-26-11-10-25-16(26)17(27,18(21,22)23)7-9-24-8-3-2-4-13-5-6-14(19)15(20)12-13/h5-6,10-12,24,27H,2-4,7-9H2,1H3. The maximum absolute atomic E-state index is 13.4. The molecule has 1 heterocycles. The molecule has 4 nitrogen and oxygen atoms in total. The summed E-state index contributed by atoms with van der Waals surface area (Å²) in [5.41, 5.74) is -1.91. The maximum atomic E-state index is 13.4. The predicted octanol–water partition coefficient (Wildman–Crippen LogP) is 4.48. The number of imidazole rings is 1. The van der Waals surface area contributed by atoms with E-state index in [1.54, 1.807) is 6.07 Å². The molecule has 0 bridgehead atoms. The van der Waals surface area contributed by atoms with Gasteiger partial charge in [0.05, 0.1) is 10.0 Å². The van der Waals surface area contributed by atoms with Crippen LogP contribution in [0.3, 0.4) is 0 Å². The number of aliphatic hydroxyl groups is 1. The van der Waals surface area contributed by atoms with E-state index in [1.165, 1.54) is 24.0 Å². The number of aromatic nitrogens is 2. The van der Waals surface area contributed by atoms with E-state index in [1.807, 2.05) is 12.1 Å². The van der Waals surface area contributed by atoms with Gasteiger partial charge in [-0.15, -0.1) is 0 Å². The van der Waals surface area contributed by atoms with Crippen LogP contribution in [0.15, 0.2) is 30.6 Å². The van der Waals surface area contributed by atoms with Crippen LogP contribution in [-0.2, 0) is 19.1 Å². The number of nitrogens with zero attached hydrogens (tertiary/aromatic N) is 2. The van der Waals surface area contributed by atoms with Crippen LogP contribution in [-0.4, -0.2) is 33.9 Å². The Morgan fingerprint density at radius 1 is 1.15 bits per heavy atom. The minimum Gasteiger partial charge on any atom is -0.374 e. The Bertz CT molecular complexity index is 752. The first-order valence-electron chi connectivity index (χ1n) is 8.56. The van der Waals surface area contributed by atoms with Crippen molar-refractivity contribution in [3.05, 3.63) is 52.0 Å². The lowest BCUT2D eigenvalue weighted by Crippen LogP contribution is -2.46. The Labute approximate surface area is 166 Å². The Morgan fingerprint density at radius 2 is 1.89 bits per heavy atom. The van der Waals surface area contributed by atoms with E-state index in [0.29, 0.717) is 16.6 Å². The Hall–Kier alpha value is -1.28. The number of aryl methyl sites for hydroxylation is 2. The smallest absolute Gasteiger partial charge is 0.374 e. The zero-order chi connectivity index (χ0) is 20.1. The van der Waals surface area contributed by atoms with Crippen LogP contribution < -0.4 is 5.32 Å². The van der Waals surface area contributed by atoms with Crippen molar-refractivity contribution < 1.29 is 18.3 Å². The van der Waals surface area contributed by atoms with Crippen molar-refractivity contribution in [1.29, 1.82) is 0 Å². The summed E-state index contributed by atoms with van der Waals surface area (Å²) in [5.74, 6) is -0.406. The molecule has 1 unspecified atom stereocenters. The van der Waals surface area contributed by atoms with Crippen molar-refractivity contribution in [1.82, 2.24) is 14.9 Å². The molecule has 9 heteroatoms. The summed E-state index contributed by atoms with van der Waals surface area (Å²) >= 11 is 11.8. The molecule has 0 amide bonds. The molecule has 1 aromatic heterocycles. The van der Waals surface area contributed by atoms with Gasteiger partial charge in [-0.3, -0.25) is 0 Å². The number of alkyl halides is 3. The minimum absolute atomic E-state index is 0.0235. The number of nitrogens with one attached hydrogen (secondary N) is 1. The lowest BCUT2D eigenvalue weighted by molar-refractivity contribution is -0.272. The first kappa shape index (κ1) is 22.0. The van der Waals surface area contributed by atoms with E-state index < -0.39 is 24.0 Å². The quantitative estimate of drug-likeness (QED) is 0.584. The molecule has 0 aliphatic carbocycles. The average Bonchev–Trinajstić information content (AvgIpc) is 3.02. The van der Waals surface area contributed by atoms with E-state index in [0.717, 1.165) is 24.8 Å². The van der Waals surface area contributed by atoms with Gasteiger partial charge in [-0.05, 0) is 50.0 Å². The summed E-state index contributed by atoms with van der Waals surface area (Å²) in [7, 11) is 1.43. The Morgan fingerprint density at radius 3 is 2.48 bits per heavy atom. The summed E-state index contributed by atoms with van der Waals surface area (Å²) < 4.78 is 41.3. The number of rotatable bonds is 9. The van der Waals surface area contributed by atoms with Crippen molar-refractivity contribution >= 4 is 23.2 Å². The number of hydrogen-bond donors (Lipinski definition) is 2. The number of benzene rings is 1. The second-order valence-corrected chi connectivity index (χ2v) is 7.24. The predicted molar refractivity (Wildman–Crippen MR) is 100 cm³/mol. The first-order valence-corrected chi connectivity index (χ1v) is 9.32. The van der Waals surface area contributed by atoms with Crippen molar-refractivity contribution in [3.8, 4) is 0 Å². The van der Waals surface area contributed by atoms with Crippen molar-refractivity contribution in [2.24, 2.45) is 7.05 Å². The highest BCUT2D eigenvalue weighted by Crippen LogP contribution is 2.40. The SMILES string of the molecule is Cn1ccnc1C(O)(CCNCCCCc1ccc(Cl)c(Cl)c1)C(F)(F)F. The molecule has 0 saturated heterocycles. The largest absolute Gasteiger partial charge is 0.424 e. The number of unbranched alkanes of at least 4 members (excludes halogenated alkanes) is 1. The average molecular weight is 424 g/mol. The van der Waals surface area contributed by atoms with Crippen LogP contribution in [0.2, 0.25) is 10.0 Å². The molecule has 2 aromatic rings. The fraction of sp³-hybridized carbons (Fsp3) is 0.500. The number of hydrogen-bond acceptors (Lipinski definition) is 3. The molecule has 2 N–H and O–H groups in total. The van der Waals surface area contributed by atoms with E-state index in [2.05, 4.69) is 10.3 Å². The summed E-state index contributed by atoms with van der Waals surface area (Å²) in [6.45, 7) is 0.575. The topological polar surface area (TPSA) is 50.1 Å². The summed E-state index contributed by atoms with van der Waals surface area (Å²) in [5, 5.41) is 14.2. The zero-order valence-electron chi connectivity index (χ0n) is 14.9. The Balaban J connectivity index is 1.76. The highest BCUT2D eigenvalue weighted by Gasteiger charge is 2.56. The van der Waals surface area contributed by atoms with E-state index in [4.69, 9.17) is 23.2 Å². The molecular weight excluding hydrogens is 402 g/mol. The molecule has 0 aliphatic heterocycles. The van der Waals surface area contributed by atoms with Crippen molar-refractivity contribution in [2.75, 3.05) is 13.1 Å². The van der Waals surface area contributed by atoms with Gasteiger partial charge in [0, 0.05) is 25.9 Å². The van der Waals surface area contributed by atoms with Crippen LogP contribution in [0.4, 0.5) is 13.2 Å². The molecular formula is C18H22Cl2F3N3O. The lowest BCUT2D eigenvalue weighted by Gasteiger charge is -2.30. The van der Waals surface area contributed by atoms with Crippen LogP contribution in [0, 0.1) is 0 Å². The fourth-order valence-electron chi connectivity index (χ4n) is 2.81. The highest BCUT2D eigenvalue weighted by molar-refractivity contribution is 6.42. The molecule has 0 radical (unpaired) electrons. The van der Waals surface area contributed by atoms with Gasteiger partial charge in [0.25, 0.3) is 0 Å². The van der Waals surface area contributed by atoms with Gasteiger partial charge in [0.2, 0.25) is 5.60 Å². The van der Waals surface area contributed by atoms with Gasteiger partial charge in [-0.25, -0.2) is 4.98 Å². The molecule has 0 saturated carbocycles. The Kier molecular flexibility index (Phi) is 7.56. The molecule has 1 atom stereocenters. The van der Waals surface area contributed by atoms with E-state index in [-0.39, 0.29) is 6.54 Å². The zero-order valence-corrected chi connectivity index (χ0v) is 16.4. The molecule has 1 aromatic carbocycles. The second-order valence-electron chi connectivity index (χ2n) is 6.43. The third kappa shape index (κ3) is 5.60. The van der Waals surface area contributed by atoms with Crippen LogP contribution in [0.25, 0.3) is 0 Å². The van der Waals surface area contributed by atoms with Gasteiger partial charge in [-0.1, -0.05) is 29.3 Å². The highest BCUT2D eigenvalue weighted by atomic mass is 35.5. The summed E-state index contributed by atoms with van der Waals surface area (Å²) in [6, 6.07) is 5.46. The van der Waals surface area contributed by atoms with Gasteiger partial charge in [0.15, 0.2) is 0 Å². The fourth-order valence-corrected chi connectivity index (χ4v) is 3.13. The van der Waals surface area contributed by atoms with E-state index in [9.17, 15) is 18.3 Å². The normalized spacial score (nSPS) is 14.3. The van der Waals surface area contributed by atoms with E-state index >= 15 is 0 Å². The van der Waals surface area contributed by atoms with Crippen molar-refractivity contribution in [3.63, 3.8) is 0 Å². The van der Waals surface area contributed by atoms with Gasteiger partial charge < -0.3 is 15.0 Å². The van der Waals surface area contributed by atoms with Gasteiger partial charge >= 0.3 is 6.18 Å². The van der Waals surface area contributed by atoms with Gasteiger partial charge in [-0.2, -0.15) is 13.2 Å². The molecule has 0 aliphatic rings. The molecule has 0 fully saturated rings.